The zero-order valence-corrected chi connectivity index (χ0v) is 20.4. The normalized spacial score (nSPS) is 14.7. The number of aryl methyl sites for hydroxylation is 1. The molecule has 0 atom stereocenters. The zero-order valence-electron chi connectivity index (χ0n) is 20.4. The molecule has 8 nitrogen and oxygen atoms in total. The van der Waals surface area contributed by atoms with Gasteiger partial charge >= 0.3 is 12.2 Å². The van der Waals surface area contributed by atoms with Crippen LogP contribution in [-0.2, 0) is 13.2 Å². The van der Waals surface area contributed by atoms with E-state index in [0.29, 0.717) is 24.5 Å². The van der Waals surface area contributed by atoms with Crippen LogP contribution in [0.2, 0.25) is 0 Å². The number of halogens is 3. The summed E-state index contributed by atoms with van der Waals surface area (Å²) in [6, 6.07) is 9.99. The van der Waals surface area contributed by atoms with Crippen LogP contribution >= 0.6 is 0 Å². The standard InChI is InChI=1S/C26H26F3N7O/c1-34-9-11-36(12-10-34)23-8-5-18(26(27,28)29)13-22(23)33-25(37)32-19-6-3-17(4-7-19)20-14-30-16-24-21(20)15-31-35(24)2/h3-8,13-16H,9-12H2,1-2H3,(H2,32,33,37). The van der Waals surface area contributed by atoms with Crippen LogP contribution in [0, 0.1) is 0 Å². The Balaban J connectivity index is 1.34. The Morgan fingerprint density at radius 2 is 1.65 bits per heavy atom. The summed E-state index contributed by atoms with van der Waals surface area (Å²) in [5.74, 6) is 0. The number of fused-ring (bicyclic) bond motifs is 1. The molecule has 0 bridgehead atoms. The summed E-state index contributed by atoms with van der Waals surface area (Å²) in [5.41, 5.74) is 3.06. The number of piperazine rings is 1. The lowest BCUT2D eigenvalue weighted by Crippen LogP contribution is -2.44. The number of pyridine rings is 1. The van der Waals surface area contributed by atoms with Crippen molar-refractivity contribution >= 4 is 34.0 Å². The Hall–Kier alpha value is -4.12. The summed E-state index contributed by atoms with van der Waals surface area (Å²) < 4.78 is 41.9. The van der Waals surface area contributed by atoms with Crippen LogP contribution in [0.5, 0.6) is 0 Å². The van der Waals surface area contributed by atoms with Crippen LogP contribution in [0.4, 0.5) is 35.0 Å². The number of carbonyl (C=O) groups excluding carboxylic acids is 1. The van der Waals surface area contributed by atoms with Crippen molar-refractivity contribution in [2.24, 2.45) is 7.05 Å². The van der Waals surface area contributed by atoms with Crippen molar-refractivity contribution in [3.05, 3.63) is 66.6 Å². The molecule has 0 spiro atoms. The number of hydrogen-bond acceptors (Lipinski definition) is 5. The number of benzene rings is 2. The fraction of sp³-hybridized carbons (Fsp3) is 0.269. The number of aromatic nitrogens is 3. The van der Waals surface area contributed by atoms with Crippen molar-refractivity contribution in [1.29, 1.82) is 0 Å². The number of urea groups is 1. The molecule has 1 aliphatic heterocycles. The summed E-state index contributed by atoms with van der Waals surface area (Å²) in [7, 11) is 3.84. The Kier molecular flexibility index (Phi) is 6.46. The molecule has 0 aliphatic carbocycles. The first-order valence-corrected chi connectivity index (χ1v) is 11.8. The lowest BCUT2D eigenvalue weighted by molar-refractivity contribution is -0.137. The molecule has 2 aromatic heterocycles. The number of nitrogens with zero attached hydrogens (tertiary/aromatic N) is 5. The van der Waals surface area contributed by atoms with Gasteiger partial charge in [0, 0.05) is 56.1 Å². The van der Waals surface area contributed by atoms with E-state index in [1.165, 1.54) is 6.07 Å². The van der Waals surface area contributed by atoms with Crippen LogP contribution < -0.4 is 15.5 Å². The second-order valence-electron chi connectivity index (χ2n) is 9.06. The van der Waals surface area contributed by atoms with Crippen molar-refractivity contribution in [3.8, 4) is 11.1 Å². The van der Waals surface area contributed by atoms with E-state index >= 15 is 0 Å². The van der Waals surface area contributed by atoms with Gasteiger partial charge in [0.2, 0.25) is 0 Å². The van der Waals surface area contributed by atoms with E-state index in [-0.39, 0.29) is 5.69 Å². The lowest BCUT2D eigenvalue weighted by Gasteiger charge is -2.35. The fourth-order valence-corrected chi connectivity index (χ4v) is 4.44. The van der Waals surface area contributed by atoms with Gasteiger partial charge in [-0.25, -0.2) is 4.79 Å². The number of hydrogen-bond donors (Lipinski definition) is 2. The molecule has 1 aliphatic rings. The number of nitrogens with one attached hydrogen (secondary N) is 2. The first kappa shape index (κ1) is 24.6. The minimum Gasteiger partial charge on any atom is -0.367 e. The number of alkyl halides is 3. The Labute approximate surface area is 211 Å². The minimum absolute atomic E-state index is 0.114. The topological polar surface area (TPSA) is 78.3 Å². The van der Waals surface area contributed by atoms with Crippen LogP contribution in [0.25, 0.3) is 22.0 Å². The van der Waals surface area contributed by atoms with E-state index in [4.69, 9.17) is 0 Å². The van der Waals surface area contributed by atoms with Crippen LogP contribution in [-0.4, -0.2) is 58.9 Å². The Bertz CT molecular complexity index is 1420. The summed E-state index contributed by atoms with van der Waals surface area (Å²) in [4.78, 5) is 21.2. The average molecular weight is 510 g/mol. The monoisotopic (exact) mass is 509 g/mol. The molecule has 1 saturated heterocycles. The van der Waals surface area contributed by atoms with Gasteiger partial charge in [0.1, 0.15) is 0 Å². The predicted octanol–water partition coefficient (Wildman–Crippen LogP) is 5.05. The van der Waals surface area contributed by atoms with Gasteiger partial charge in [0.15, 0.2) is 0 Å². The summed E-state index contributed by atoms with van der Waals surface area (Å²) in [6.07, 6.45) is 0.761. The van der Waals surface area contributed by atoms with Gasteiger partial charge in [-0.05, 0) is 42.9 Å². The second-order valence-corrected chi connectivity index (χ2v) is 9.06. The molecule has 11 heteroatoms. The number of amides is 2. The Morgan fingerprint density at radius 3 is 2.35 bits per heavy atom. The van der Waals surface area contributed by atoms with Gasteiger partial charge in [-0.2, -0.15) is 18.3 Å². The molecule has 2 amide bonds. The number of anilines is 3. The first-order valence-electron chi connectivity index (χ1n) is 11.8. The maximum Gasteiger partial charge on any atom is 0.416 e. The molecule has 0 saturated carbocycles. The zero-order chi connectivity index (χ0) is 26.2. The van der Waals surface area contributed by atoms with Gasteiger partial charge in [0.05, 0.1) is 34.8 Å². The molecular formula is C26H26F3N7O. The van der Waals surface area contributed by atoms with E-state index in [9.17, 15) is 18.0 Å². The largest absolute Gasteiger partial charge is 0.416 e. The van der Waals surface area contributed by atoms with Gasteiger partial charge in [-0.1, -0.05) is 12.1 Å². The first-order chi connectivity index (χ1) is 17.7. The van der Waals surface area contributed by atoms with Crippen LogP contribution in [0.1, 0.15) is 5.56 Å². The molecule has 5 rings (SSSR count). The molecule has 3 heterocycles. The van der Waals surface area contributed by atoms with E-state index < -0.39 is 17.8 Å². The van der Waals surface area contributed by atoms with Crippen molar-refractivity contribution < 1.29 is 18.0 Å². The SMILES string of the molecule is CN1CCN(c2ccc(C(F)(F)F)cc2NC(=O)Nc2ccc(-c3cncc4c3cnn4C)cc2)CC1. The number of carbonyl (C=O) groups is 1. The van der Waals surface area contributed by atoms with Crippen molar-refractivity contribution in [2.75, 3.05) is 48.8 Å². The van der Waals surface area contributed by atoms with Gasteiger partial charge in [-0.15, -0.1) is 0 Å². The molecule has 1 fully saturated rings. The van der Waals surface area contributed by atoms with Gasteiger partial charge in [0.25, 0.3) is 0 Å². The van der Waals surface area contributed by atoms with Crippen molar-refractivity contribution in [1.82, 2.24) is 19.7 Å². The summed E-state index contributed by atoms with van der Waals surface area (Å²) in [5, 5.41) is 10.6. The lowest BCUT2D eigenvalue weighted by atomic mass is 10.0. The molecular weight excluding hydrogens is 483 g/mol. The molecule has 0 radical (unpaired) electrons. The third-order valence-corrected chi connectivity index (χ3v) is 6.55. The predicted molar refractivity (Wildman–Crippen MR) is 138 cm³/mol. The maximum atomic E-state index is 13.4. The van der Waals surface area contributed by atoms with E-state index in [1.54, 1.807) is 35.4 Å². The second kappa shape index (κ2) is 9.74. The van der Waals surface area contributed by atoms with Crippen LogP contribution in [0.3, 0.4) is 0 Å². The molecule has 2 aromatic carbocycles. The van der Waals surface area contributed by atoms with E-state index in [0.717, 1.165) is 47.3 Å². The highest BCUT2D eigenvalue weighted by Gasteiger charge is 2.32. The molecule has 2 N–H and O–H groups in total. The van der Waals surface area contributed by atoms with E-state index in [1.807, 2.05) is 31.1 Å². The summed E-state index contributed by atoms with van der Waals surface area (Å²) >= 11 is 0. The minimum atomic E-state index is -4.52. The fourth-order valence-electron chi connectivity index (χ4n) is 4.44. The van der Waals surface area contributed by atoms with Crippen LogP contribution in [0.15, 0.2) is 61.1 Å². The van der Waals surface area contributed by atoms with Gasteiger partial charge in [-0.3, -0.25) is 9.67 Å². The summed E-state index contributed by atoms with van der Waals surface area (Å²) in [6.45, 7) is 2.86. The number of rotatable bonds is 4. The Morgan fingerprint density at radius 1 is 0.919 bits per heavy atom. The molecule has 192 valence electrons. The quantitative estimate of drug-likeness (QED) is 0.403. The maximum absolute atomic E-state index is 13.4. The smallest absolute Gasteiger partial charge is 0.367 e. The van der Waals surface area contributed by atoms with Gasteiger partial charge < -0.3 is 20.4 Å². The highest BCUT2D eigenvalue weighted by atomic mass is 19.4. The number of likely N-dealkylation sites (N-methyl/N-ethyl adjacent to an activating group) is 1. The molecule has 4 aromatic rings. The third kappa shape index (κ3) is 5.21. The highest BCUT2D eigenvalue weighted by Crippen LogP contribution is 2.36. The molecule has 37 heavy (non-hydrogen) atoms. The van der Waals surface area contributed by atoms with Crippen molar-refractivity contribution in [2.45, 2.75) is 6.18 Å². The molecule has 0 unspecified atom stereocenters. The third-order valence-electron chi connectivity index (χ3n) is 6.55. The van der Waals surface area contributed by atoms with E-state index in [2.05, 4.69) is 25.6 Å². The highest BCUT2D eigenvalue weighted by molar-refractivity contribution is 6.02. The average Bonchev–Trinajstić information content (AvgIpc) is 3.25. The van der Waals surface area contributed by atoms with Crippen molar-refractivity contribution in [3.63, 3.8) is 0 Å².